The number of aliphatic hydroxyl groups excluding tert-OH is 1. The van der Waals surface area contributed by atoms with Gasteiger partial charge in [0.1, 0.15) is 6.10 Å². The summed E-state index contributed by atoms with van der Waals surface area (Å²) in [6, 6.07) is 18.2. The van der Waals surface area contributed by atoms with Gasteiger partial charge < -0.3 is 20.6 Å². The van der Waals surface area contributed by atoms with Gasteiger partial charge in [-0.2, -0.15) is 0 Å². The Balaban J connectivity index is 0.00000272. The highest BCUT2D eigenvalue weighted by molar-refractivity contribution is 14.0. The van der Waals surface area contributed by atoms with E-state index in [0.29, 0.717) is 12.5 Å². The van der Waals surface area contributed by atoms with Crippen molar-refractivity contribution in [3.05, 3.63) is 65.0 Å². The maximum atomic E-state index is 12.8. The van der Waals surface area contributed by atoms with E-state index in [1.807, 2.05) is 47.4 Å². The van der Waals surface area contributed by atoms with Crippen molar-refractivity contribution in [1.82, 2.24) is 10.6 Å². The maximum Gasteiger partial charge on any atom is 0.246 e. The second-order valence-corrected chi connectivity index (χ2v) is 8.40. The minimum absolute atomic E-state index is 0. The van der Waals surface area contributed by atoms with Crippen LogP contribution in [0.1, 0.15) is 23.0 Å². The van der Waals surface area contributed by atoms with Gasteiger partial charge in [-0.15, -0.1) is 35.3 Å². The van der Waals surface area contributed by atoms with Crippen LogP contribution in [0.5, 0.6) is 0 Å². The van der Waals surface area contributed by atoms with Gasteiger partial charge in [0.05, 0.1) is 6.54 Å². The molecule has 0 fully saturated rings. The lowest BCUT2D eigenvalue weighted by molar-refractivity contribution is -0.117. The van der Waals surface area contributed by atoms with Crippen molar-refractivity contribution in [2.45, 2.75) is 18.9 Å². The molecule has 1 aliphatic heterocycles. The van der Waals surface area contributed by atoms with Gasteiger partial charge in [-0.3, -0.25) is 9.79 Å². The van der Waals surface area contributed by atoms with Crippen molar-refractivity contribution in [2.75, 3.05) is 31.6 Å². The van der Waals surface area contributed by atoms with Crippen LogP contribution in [0.25, 0.3) is 10.1 Å². The molecule has 31 heavy (non-hydrogen) atoms. The van der Waals surface area contributed by atoms with Crippen molar-refractivity contribution in [3.8, 4) is 0 Å². The summed E-state index contributed by atoms with van der Waals surface area (Å²) in [4.78, 5) is 19.7. The summed E-state index contributed by atoms with van der Waals surface area (Å²) in [5.74, 6) is 0.504. The smallest absolute Gasteiger partial charge is 0.246 e. The average Bonchev–Trinajstić information content (AvgIpc) is 3.23. The Morgan fingerprint density at radius 1 is 1.19 bits per heavy atom. The normalized spacial score (nSPS) is 14.5. The predicted octanol–water partition coefficient (Wildman–Crippen LogP) is 3.70. The van der Waals surface area contributed by atoms with Crippen LogP contribution in [0, 0.1) is 0 Å². The number of nitrogens with one attached hydrogen (secondary N) is 2. The molecular formula is C23H27IN4O2S. The summed E-state index contributed by atoms with van der Waals surface area (Å²) in [5, 5.41) is 17.9. The molecule has 1 amide bonds. The molecular weight excluding hydrogens is 523 g/mol. The molecule has 1 aliphatic rings. The number of guanidine groups is 1. The highest BCUT2D eigenvalue weighted by Crippen LogP contribution is 2.29. The number of carbonyl (C=O) groups excluding carboxylic acids is 1. The molecule has 3 aromatic rings. The maximum absolute atomic E-state index is 12.8. The standard InChI is InChI=1S/C23H26N4O2S.HI/c1-24-23(25-14-19(28)21-13-17-8-3-5-11-20(17)30-21)26-15-22(29)27-12-6-9-16-7-2-4-10-18(16)27;/h2-5,7-8,10-11,13,19,28H,6,9,12,14-15H2,1H3,(H2,24,25,26);1H. The first-order valence-corrected chi connectivity index (χ1v) is 11.0. The zero-order valence-corrected chi connectivity index (χ0v) is 20.5. The summed E-state index contributed by atoms with van der Waals surface area (Å²) in [5.41, 5.74) is 2.21. The summed E-state index contributed by atoms with van der Waals surface area (Å²) in [6.45, 7) is 1.19. The molecule has 1 atom stereocenters. The van der Waals surface area contributed by atoms with Crippen LogP contribution in [-0.2, 0) is 11.2 Å². The highest BCUT2D eigenvalue weighted by Gasteiger charge is 2.22. The fourth-order valence-electron chi connectivity index (χ4n) is 3.73. The lowest BCUT2D eigenvalue weighted by Gasteiger charge is -2.29. The van der Waals surface area contributed by atoms with Crippen molar-refractivity contribution in [3.63, 3.8) is 0 Å². The van der Waals surface area contributed by atoms with Gasteiger partial charge in [0, 0.05) is 35.4 Å². The third-order valence-corrected chi connectivity index (χ3v) is 6.50. The van der Waals surface area contributed by atoms with E-state index in [0.717, 1.165) is 40.0 Å². The first kappa shape index (κ1) is 23.5. The predicted molar refractivity (Wildman–Crippen MR) is 139 cm³/mol. The Labute approximate surface area is 203 Å². The molecule has 1 unspecified atom stereocenters. The van der Waals surface area contributed by atoms with Crippen LogP contribution in [0.15, 0.2) is 59.6 Å². The molecule has 1 aromatic heterocycles. The lowest BCUT2D eigenvalue weighted by Crippen LogP contribution is -2.46. The lowest BCUT2D eigenvalue weighted by atomic mass is 10.0. The van der Waals surface area contributed by atoms with E-state index in [2.05, 4.69) is 27.8 Å². The van der Waals surface area contributed by atoms with Gasteiger partial charge in [0.15, 0.2) is 5.96 Å². The molecule has 0 saturated carbocycles. The van der Waals surface area contributed by atoms with Gasteiger partial charge in [-0.25, -0.2) is 0 Å². The summed E-state index contributed by atoms with van der Waals surface area (Å²) < 4.78 is 1.15. The molecule has 0 spiro atoms. The average molecular weight is 550 g/mol. The number of para-hydroxylation sites is 1. The summed E-state index contributed by atoms with van der Waals surface area (Å²) >= 11 is 1.58. The van der Waals surface area contributed by atoms with Gasteiger partial charge in [-0.05, 0) is 42.0 Å². The number of halogens is 1. The van der Waals surface area contributed by atoms with Crippen LogP contribution in [0.2, 0.25) is 0 Å². The van der Waals surface area contributed by atoms with Crippen LogP contribution < -0.4 is 15.5 Å². The molecule has 2 heterocycles. The summed E-state index contributed by atoms with van der Waals surface area (Å²) in [7, 11) is 1.65. The largest absolute Gasteiger partial charge is 0.386 e. The second-order valence-electron chi connectivity index (χ2n) is 7.29. The highest BCUT2D eigenvalue weighted by atomic mass is 127. The third kappa shape index (κ3) is 5.55. The molecule has 8 heteroatoms. The van der Waals surface area contributed by atoms with Crippen LogP contribution in [0.4, 0.5) is 5.69 Å². The topological polar surface area (TPSA) is 77.0 Å². The quantitative estimate of drug-likeness (QED) is 0.257. The number of anilines is 1. The second kappa shape index (κ2) is 10.9. The number of fused-ring (bicyclic) bond motifs is 2. The van der Waals surface area contributed by atoms with E-state index in [1.54, 1.807) is 18.4 Å². The van der Waals surface area contributed by atoms with E-state index in [9.17, 15) is 9.90 Å². The molecule has 2 aromatic carbocycles. The Bertz CT molecular complexity index is 1040. The first-order chi connectivity index (χ1) is 14.7. The molecule has 0 bridgehead atoms. The Morgan fingerprint density at radius 2 is 1.97 bits per heavy atom. The van der Waals surface area contributed by atoms with Crippen LogP contribution >= 0.6 is 35.3 Å². The van der Waals surface area contributed by atoms with Crippen LogP contribution in [0.3, 0.4) is 0 Å². The van der Waals surface area contributed by atoms with E-state index >= 15 is 0 Å². The number of thiophene rings is 1. The number of aliphatic imine (C=N–C) groups is 1. The molecule has 164 valence electrons. The third-order valence-electron chi connectivity index (χ3n) is 5.28. The fraction of sp³-hybridized carbons (Fsp3) is 0.304. The van der Waals surface area contributed by atoms with Gasteiger partial charge >= 0.3 is 0 Å². The van der Waals surface area contributed by atoms with E-state index < -0.39 is 6.10 Å². The number of aryl methyl sites for hydroxylation is 1. The Hall–Kier alpha value is -2.17. The minimum atomic E-state index is -0.648. The number of hydrogen-bond donors (Lipinski definition) is 3. The number of rotatable bonds is 5. The van der Waals surface area contributed by atoms with Crippen LogP contribution in [-0.4, -0.2) is 43.7 Å². The summed E-state index contributed by atoms with van der Waals surface area (Å²) in [6.07, 6.45) is 1.33. The molecule has 0 radical (unpaired) electrons. The van der Waals surface area contributed by atoms with Crippen molar-refractivity contribution >= 4 is 63.0 Å². The Morgan fingerprint density at radius 3 is 2.77 bits per heavy atom. The van der Waals surface area contributed by atoms with Crippen molar-refractivity contribution in [1.29, 1.82) is 0 Å². The zero-order chi connectivity index (χ0) is 20.9. The van der Waals surface area contributed by atoms with E-state index in [1.165, 1.54) is 5.56 Å². The molecule has 6 nitrogen and oxygen atoms in total. The van der Waals surface area contributed by atoms with Crippen molar-refractivity contribution < 1.29 is 9.90 Å². The number of benzene rings is 2. The molecule has 4 rings (SSSR count). The molecule has 3 N–H and O–H groups in total. The molecule has 0 aliphatic carbocycles. The monoisotopic (exact) mass is 550 g/mol. The number of aliphatic hydroxyl groups is 1. The van der Waals surface area contributed by atoms with Gasteiger partial charge in [0.25, 0.3) is 0 Å². The first-order valence-electron chi connectivity index (χ1n) is 10.1. The number of hydrogen-bond acceptors (Lipinski definition) is 4. The minimum Gasteiger partial charge on any atom is -0.386 e. The van der Waals surface area contributed by atoms with Gasteiger partial charge in [0.2, 0.25) is 5.91 Å². The van der Waals surface area contributed by atoms with E-state index in [4.69, 9.17) is 0 Å². The zero-order valence-electron chi connectivity index (χ0n) is 17.4. The fourth-order valence-corrected chi connectivity index (χ4v) is 4.78. The number of amides is 1. The van der Waals surface area contributed by atoms with E-state index in [-0.39, 0.29) is 36.4 Å². The Kier molecular flexibility index (Phi) is 8.28. The molecule has 0 saturated heterocycles. The SMILES string of the molecule is CN=C(NCC(=O)N1CCCc2ccccc21)NCC(O)c1cc2ccccc2s1.I. The number of nitrogens with zero attached hydrogens (tertiary/aromatic N) is 2. The van der Waals surface area contributed by atoms with Gasteiger partial charge in [-0.1, -0.05) is 36.4 Å². The van der Waals surface area contributed by atoms with Crippen molar-refractivity contribution in [2.24, 2.45) is 4.99 Å². The number of carbonyl (C=O) groups is 1.